The maximum absolute atomic E-state index is 11.7. The molecule has 7 N–H and O–H groups in total. The molecule has 34 heavy (non-hydrogen) atoms. The van der Waals surface area contributed by atoms with Crippen LogP contribution in [0.25, 0.3) is 0 Å². The van der Waals surface area contributed by atoms with Gasteiger partial charge in [0.1, 0.15) is 29.3 Å². The Morgan fingerprint density at radius 3 is 2.53 bits per heavy atom. The second-order valence-electron chi connectivity index (χ2n) is 8.94. The number of aliphatic hydroxyl groups is 4. The van der Waals surface area contributed by atoms with Crippen LogP contribution in [-0.4, -0.2) is 108 Å². The number of hydrogen-bond donors (Lipinski definition) is 7. The van der Waals surface area contributed by atoms with Crippen LogP contribution < -0.4 is 5.32 Å². The Balaban J connectivity index is 1.44. The lowest BCUT2D eigenvalue weighted by molar-refractivity contribution is -0.117. The van der Waals surface area contributed by atoms with E-state index in [4.69, 9.17) is 21.1 Å². The molecule has 1 saturated carbocycles. The molecule has 0 spiro atoms. The van der Waals surface area contributed by atoms with Crippen molar-refractivity contribution in [2.75, 3.05) is 19.8 Å². The van der Waals surface area contributed by atoms with Crippen LogP contribution in [0.2, 0.25) is 0 Å². The van der Waals surface area contributed by atoms with E-state index in [9.17, 15) is 34.8 Å². The molecule has 1 saturated heterocycles. The summed E-state index contributed by atoms with van der Waals surface area (Å²) in [5, 5.41) is 47.2. The molecule has 0 radical (unpaired) electrons. The maximum Gasteiger partial charge on any atom is 0.361 e. The lowest BCUT2D eigenvalue weighted by atomic mass is 9.94. The Morgan fingerprint density at radius 2 is 1.91 bits per heavy atom. The van der Waals surface area contributed by atoms with Crippen molar-refractivity contribution in [3.63, 3.8) is 0 Å². The van der Waals surface area contributed by atoms with Crippen molar-refractivity contribution < 1.29 is 44.3 Å². The number of allylic oxidation sites excluding steroid dienone is 1. The van der Waals surface area contributed by atoms with Crippen LogP contribution in [0, 0.1) is 5.92 Å². The van der Waals surface area contributed by atoms with Crippen molar-refractivity contribution in [2.24, 2.45) is 16.0 Å². The number of aliphatic hydroxyl groups excluding tert-OH is 4. The summed E-state index contributed by atoms with van der Waals surface area (Å²) in [7, 11) is -5.08. The number of hydrazone groups is 1. The maximum atomic E-state index is 11.7. The van der Waals surface area contributed by atoms with E-state index < -0.39 is 69.3 Å². The third kappa shape index (κ3) is 4.79. The molecule has 2 fully saturated rings. The second kappa shape index (κ2) is 10.1. The molecule has 0 bridgehead atoms. The van der Waals surface area contributed by atoms with Gasteiger partial charge in [-0.25, -0.2) is 10.0 Å². The number of rotatable bonds is 9. The third-order valence-electron chi connectivity index (χ3n) is 6.74. The highest BCUT2D eigenvalue weighted by Gasteiger charge is 2.53. The van der Waals surface area contributed by atoms with E-state index >= 15 is 0 Å². The Bertz CT molecular complexity index is 889. The summed E-state index contributed by atoms with van der Waals surface area (Å²) >= 11 is 6.26. The predicted octanol–water partition coefficient (Wildman–Crippen LogP) is -1.38. The topological polar surface area (TPSA) is 197 Å². The van der Waals surface area contributed by atoms with Gasteiger partial charge in [-0.15, -0.1) is 0 Å². The van der Waals surface area contributed by atoms with Gasteiger partial charge in [0.2, 0.25) is 5.34 Å². The SMILES string of the molecule is O=P(O)(O)C(CO)(CO)OC[C@H]1O[C@@H](C2C=NN3C(NC4CCCC4)=CC(Cl)=NC23)[C@H](O)[C@@H]1O. The van der Waals surface area contributed by atoms with Crippen LogP contribution in [-0.2, 0) is 14.0 Å². The molecule has 0 aromatic heterocycles. The summed E-state index contributed by atoms with van der Waals surface area (Å²) < 4.78 is 22.7. The number of hydrogen-bond acceptors (Lipinski definition) is 11. The van der Waals surface area contributed by atoms with Gasteiger partial charge in [-0.2, -0.15) is 5.10 Å². The van der Waals surface area contributed by atoms with E-state index in [0.717, 1.165) is 25.7 Å². The normalized spacial score (nSPS) is 34.4. The van der Waals surface area contributed by atoms with Crippen LogP contribution in [0.3, 0.4) is 0 Å². The Kier molecular flexibility index (Phi) is 7.71. The molecule has 0 aromatic rings. The quantitative estimate of drug-likeness (QED) is 0.175. The molecule has 0 amide bonds. The molecule has 1 aliphatic carbocycles. The molecule has 15 heteroatoms. The average molecular weight is 525 g/mol. The van der Waals surface area contributed by atoms with Crippen molar-refractivity contribution in [3.05, 3.63) is 11.9 Å². The first-order valence-corrected chi connectivity index (χ1v) is 13.1. The highest BCUT2D eigenvalue weighted by atomic mass is 35.5. The van der Waals surface area contributed by atoms with E-state index in [0.29, 0.717) is 11.9 Å². The molecule has 3 heterocycles. The summed E-state index contributed by atoms with van der Waals surface area (Å²) in [4.78, 5) is 23.4. The summed E-state index contributed by atoms with van der Waals surface area (Å²) in [6.45, 7) is -2.92. The van der Waals surface area contributed by atoms with Gasteiger partial charge in [0.25, 0.3) is 0 Å². The van der Waals surface area contributed by atoms with Gasteiger partial charge in [-0.1, -0.05) is 24.4 Å². The first kappa shape index (κ1) is 26.0. The zero-order valence-corrected chi connectivity index (χ0v) is 19.9. The monoisotopic (exact) mass is 524 g/mol. The second-order valence-corrected chi connectivity index (χ2v) is 11.2. The summed E-state index contributed by atoms with van der Waals surface area (Å²) in [6.07, 6.45) is 1.94. The lowest BCUT2D eigenvalue weighted by Crippen LogP contribution is -2.46. The summed E-state index contributed by atoms with van der Waals surface area (Å²) in [5.74, 6) is 0.0839. The summed E-state index contributed by atoms with van der Waals surface area (Å²) in [6, 6.07) is 0.299. The van der Waals surface area contributed by atoms with Crippen LogP contribution >= 0.6 is 19.2 Å². The highest BCUT2D eigenvalue weighted by molar-refractivity contribution is 7.53. The molecule has 4 rings (SSSR count). The number of nitrogens with one attached hydrogen (secondary N) is 1. The fourth-order valence-corrected chi connectivity index (χ4v) is 5.48. The van der Waals surface area contributed by atoms with Gasteiger partial charge in [-0.3, -0.25) is 4.57 Å². The molecule has 0 aromatic carbocycles. The molecule has 2 unspecified atom stereocenters. The molecule has 4 aliphatic rings. The van der Waals surface area contributed by atoms with Crippen LogP contribution in [0.1, 0.15) is 25.7 Å². The van der Waals surface area contributed by atoms with Crippen LogP contribution in [0.15, 0.2) is 22.0 Å². The van der Waals surface area contributed by atoms with E-state index in [1.807, 2.05) is 0 Å². The smallest absolute Gasteiger partial charge is 0.361 e. The molecular formula is C19H30ClN4O9P. The van der Waals surface area contributed by atoms with E-state index in [-0.39, 0.29) is 5.17 Å². The molecule has 192 valence electrons. The van der Waals surface area contributed by atoms with Gasteiger partial charge in [0, 0.05) is 18.3 Å². The van der Waals surface area contributed by atoms with Gasteiger partial charge in [0.15, 0.2) is 6.17 Å². The number of nitrogens with zero attached hydrogens (tertiary/aromatic N) is 3. The van der Waals surface area contributed by atoms with Crippen molar-refractivity contribution in [2.45, 2.75) is 67.6 Å². The highest BCUT2D eigenvalue weighted by Crippen LogP contribution is 2.51. The number of ether oxygens (including phenoxy) is 2. The molecule has 6 atom stereocenters. The van der Waals surface area contributed by atoms with Gasteiger partial charge in [0.05, 0.1) is 31.8 Å². The van der Waals surface area contributed by atoms with Crippen molar-refractivity contribution in [1.82, 2.24) is 10.3 Å². The van der Waals surface area contributed by atoms with Crippen molar-refractivity contribution in [1.29, 1.82) is 0 Å². The Hall–Kier alpha value is -1.12. The van der Waals surface area contributed by atoms with E-state index in [2.05, 4.69) is 15.4 Å². The fraction of sp³-hybridized carbons (Fsp3) is 0.789. The van der Waals surface area contributed by atoms with Gasteiger partial charge >= 0.3 is 7.60 Å². The van der Waals surface area contributed by atoms with Gasteiger partial charge < -0.3 is 45.0 Å². The van der Waals surface area contributed by atoms with Gasteiger partial charge in [-0.05, 0) is 12.8 Å². The third-order valence-corrected chi connectivity index (χ3v) is 8.42. The lowest BCUT2D eigenvalue weighted by Gasteiger charge is -2.33. The Labute approximate surface area is 200 Å². The minimum atomic E-state index is -5.08. The van der Waals surface area contributed by atoms with E-state index in [1.165, 1.54) is 0 Å². The predicted molar refractivity (Wildman–Crippen MR) is 120 cm³/mol. The first-order chi connectivity index (χ1) is 16.1. The van der Waals surface area contributed by atoms with Crippen LogP contribution in [0.5, 0.6) is 0 Å². The fourth-order valence-electron chi connectivity index (χ4n) is 4.67. The zero-order valence-electron chi connectivity index (χ0n) is 18.2. The van der Waals surface area contributed by atoms with Crippen molar-refractivity contribution in [3.8, 4) is 0 Å². The number of aliphatic imine (C=N–C) groups is 1. The minimum Gasteiger partial charge on any atom is -0.393 e. The molecule has 13 nitrogen and oxygen atoms in total. The zero-order chi connectivity index (χ0) is 24.7. The molecule has 3 aliphatic heterocycles. The summed E-state index contributed by atoms with van der Waals surface area (Å²) in [5.41, 5.74) is 0. The van der Waals surface area contributed by atoms with Crippen molar-refractivity contribution >= 4 is 30.6 Å². The number of fused-ring (bicyclic) bond motifs is 1. The first-order valence-electron chi connectivity index (χ1n) is 11.1. The largest absolute Gasteiger partial charge is 0.393 e. The number of halogens is 1. The standard InChI is InChI=1S/C19H30ClN4O9P/c20-13-5-14(22-10-3-1-2-4-10)24-18(23-13)11(6-21-24)17-16(28)15(27)12(33-17)7-32-19(8-25,9-26)34(29,30)31/h5-6,10-12,15-18,22,25-28H,1-4,7-9H2,(H2,29,30,31)/t11?,12-,15-,16-,17+,18?/m1/s1. The average Bonchev–Trinajstić information content (AvgIpc) is 3.50. The van der Waals surface area contributed by atoms with E-state index in [1.54, 1.807) is 17.3 Å². The van der Waals surface area contributed by atoms with Crippen LogP contribution in [0.4, 0.5) is 0 Å². The molecular weight excluding hydrogens is 495 g/mol. The Morgan fingerprint density at radius 1 is 1.24 bits per heavy atom. The minimum absolute atomic E-state index is 0.252.